The van der Waals surface area contributed by atoms with Crippen LogP contribution in [-0.4, -0.2) is 11.8 Å². The molecule has 0 radical (unpaired) electrons. The molecule has 0 spiro atoms. The third-order valence-electron chi connectivity index (χ3n) is 2.21. The number of alkyl halides is 1. The second kappa shape index (κ2) is 3.84. The van der Waals surface area contributed by atoms with Crippen molar-refractivity contribution in [3.05, 3.63) is 41.0 Å². The number of halogens is 1. The van der Waals surface area contributed by atoms with Gasteiger partial charge in [-0.3, -0.25) is 4.79 Å². The first kappa shape index (κ1) is 9.28. The van der Waals surface area contributed by atoms with Crippen molar-refractivity contribution < 1.29 is 4.79 Å². The van der Waals surface area contributed by atoms with Gasteiger partial charge in [-0.25, -0.2) is 0 Å². The molecule has 0 bridgehead atoms. The summed E-state index contributed by atoms with van der Waals surface area (Å²) in [5.41, 5.74) is 2.93. The van der Waals surface area contributed by atoms with Crippen molar-refractivity contribution in [2.75, 3.05) is 5.88 Å². The third kappa shape index (κ3) is 1.66. The highest BCUT2D eigenvalue weighted by molar-refractivity contribution is 6.19. The van der Waals surface area contributed by atoms with Crippen LogP contribution in [0.2, 0.25) is 0 Å². The van der Waals surface area contributed by atoms with Crippen molar-refractivity contribution in [1.29, 1.82) is 0 Å². The maximum Gasteiger partial charge on any atom is 0.251 e. The van der Waals surface area contributed by atoms with E-state index in [9.17, 15) is 4.79 Å². The third-order valence-corrected chi connectivity index (χ3v) is 2.39. The van der Waals surface area contributed by atoms with Crippen LogP contribution in [0.3, 0.4) is 0 Å². The lowest BCUT2D eigenvalue weighted by Crippen LogP contribution is -2.12. The number of hydrogen-bond acceptors (Lipinski definition) is 1. The number of nitrogens with one attached hydrogen (secondary N) is 1. The minimum Gasteiger partial charge on any atom is -0.348 e. The van der Waals surface area contributed by atoms with Gasteiger partial charge >= 0.3 is 0 Å². The summed E-state index contributed by atoms with van der Waals surface area (Å²) in [6.45, 7) is 0.636. The van der Waals surface area contributed by atoms with E-state index in [0.717, 1.165) is 16.7 Å². The van der Waals surface area contributed by atoms with Crippen LogP contribution in [-0.2, 0) is 6.54 Å². The molecular weight excluding hydrogens is 198 g/mol. The van der Waals surface area contributed by atoms with Crippen LogP contribution in [0.1, 0.15) is 21.5 Å². The minimum atomic E-state index is 0.0212. The van der Waals surface area contributed by atoms with E-state index in [2.05, 4.69) is 5.32 Å². The molecule has 1 aliphatic rings. The highest BCUT2D eigenvalue weighted by atomic mass is 35.5. The SMILES string of the molecule is O=C1NCc2cc(C=CCCl)ccc21. The van der Waals surface area contributed by atoms with Crippen LogP contribution >= 0.6 is 11.6 Å². The van der Waals surface area contributed by atoms with Gasteiger partial charge in [0.2, 0.25) is 0 Å². The van der Waals surface area contributed by atoms with E-state index in [4.69, 9.17) is 11.6 Å². The summed E-state index contributed by atoms with van der Waals surface area (Å²) in [5, 5.41) is 2.78. The highest BCUT2D eigenvalue weighted by Gasteiger charge is 2.17. The van der Waals surface area contributed by atoms with Gasteiger partial charge in [0, 0.05) is 18.0 Å². The summed E-state index contributed by atoms with van der Waals surface area (Å²) in [6.07, 6.45) is 3.84. The summed E-state index contributed by atoms with van der Waals surface area (Å²) in [7, 11) is 0. The summed E-state index contributed by atoms with van der Waals surface area (Å²) in [5.74, 6) is 0.529. The maximum atomic E-state index is 11.2. The summed E-state index contributed by atoms with van der Waals surface area (Å²) < 4.78 is 0. The van der Waals surface area contributed by atoms with Gasteiger partial charge in [0.1, 0.15) is 0 Å². The van der Waals surface area contributed by atoms with Gasteiger partial charge in [0.05, 0.1) is 0 Å². The first-order chi connectivity index (χ1) is 6.81. The molecule has 0 saturated heterocycles. The standard InChI is InChI=1S/C11H10ClNO/c12-5-1-2-8-3-4-10-9(6-8)7-13-11(10)14/h1-4,6H,5,7H2,(H,13,14). The molecule has 0 aromatic heterocycles. The molecule has 2 nitrogen and oxygen atoms in total. The molecule has 0 unspecified atom stereocenters. The topological polar surface area (TPSA) is 29.1 Å². The molecule has 1 heterocycles. The molecule has 1 aromatic carbocycles. The van der Waals surface area contributed by atoms with E-state index < -0.39 is 0 Å². The lowest BCUT2D eigenvalue weighted by molar-refractivity contribution is 0.0966. The molecule has 1 amide bonds. The van der Waals surface area contributed by atoms with Gasteiger partial charge in [0.15, 0.2) is 0 Å². The monoisotopic (exact) mass is 207 g/mol. The van der Waals surface area contributed by atoms with E-state index >= 15 is 0 Å². The van der Waals surface area contributed by atoms with Crippen molar-refractivity contribution in [3.8, 4) is 0 Å². The molecule has 0 fully saturated rings. The van der Waals surface area contributed by atoms with Gasteiger partial charge in [0.25, 0.3) is 5.91 Å². The molecular formula is C11H10ClNO. The van der Waals surface area contributed by atoms with Gasteiger partial charge < -0.3 is 5.32 Å². The highest BCUT2D eigenvalue weighted by Crippen LogP contribution is 2.17. The number of rotatable bonds is 2. The minimum absolute atomic E-state index is 0.0212. The Morgan fingerprint density at radius 1 is 1.50 bits per heavy atom. The van der Waals surface area contributed by atoms with E-state index in [0.29, 0.717) is 12.4 Å². The number of benzene rings is 1. The van der Waals surface area contributed by atoms with Crippen LogP contribution in [0.15, 0.2) is 24.3 Å². The number of fused-ring (bicyclic) bond motifs is 1. The largest absolute Gasteiger partial charge is 0.348 e. The molecule has 0 atom stereocenters. The molecule has 2 rings (SSSR count). The number of hydrogen-bond donors (Lipinski definition) is 1. The zero-order valence-electron chi connectivity index (χ0n) is 7.59. The second-order valence-corrected chi connectivity index (χ2v) is 3.46. The molecule has 14 heavy (non-hydrogen) atoms. The van der Waals surface area contributed by atoms with Gasteiger partial charge in [-0.1, -0.05) is 18.2 Å². The number of amides is 1. The Labute approximate surface area is 87.6 Å². The van der Waals surface area contributed by atoms with E-state index in [1.807, 2.05) is 30.4 Å². The fourth-order valence-electron chi connectivity index (χ4n) is 1.54. The van der Waals surface area contributed by atoms with Gasteiger partial charge in [-0.05, 0) is 23.3 Å². The zero-order chi connectivity index (χ0) is 9.97. The lowest BCUT2D eigenvalue weighted by atomic mass is 10.1. The van der Waals surface area contributed by atoms with Crippen molar-refractivity contribution in [2.45, 2.75) is 6.54 Å². The molecule has 72 valence electrons. The summed E-state index contributed by atoms with van der Waals surface area (Å²) in [6, 6.07) is 5.79. The van der Waals surface area contributed by atoms with Crippen molar-refractivity contribution >= 4 is 23.6 Å². The Bertz CT molecular complexity index is 398. The van der Waals surface area contributed by atoms with E-state index in [1.54, 1.807) is 0 Å². The van der Waals surface area contributed by atoms with Crippen LogP contribution < -0.4 is 5.32 Å². The first-order valence-corrected chi connectivity index (χ1v) is 4.98. The van der Waals surface area contributed by atoms with Crippen LogP contribution in [0.4, 0.5) is 0 Å². The van der Waals surface area contributed by atoms with Crippen molar-refractivity contribution in [1.82, 2.24) is 5.32 Å². The maximum absolute atomic E-state index is 11.2. The van der Waals surface area contributed by atoms with Crippen LogP contribution in [0, 0.1) is 0 Å². The lowest BCUT2D eigenvalue weighted by Gasteiger charge is -1.97. The normalized spacial score (nSPS) is 14.5. The van der Waals surface area contributed by atoms with Crippen molar-refractivity contribution in [3.63, 3.8) is 0 Å². The average molecular weight is 208 g/mol. The van der Waals surface area contributed by atoms with E-state index in [-0.39, 0.29) is 5.91 Å². The van der Waals surface area contributed by atoms with Crippen LogP contribution in [0.5, 0.6) is 0 Å². The summed E-state index contributed by atoms with van der Waals surface area (Å²) in [4.78, 5) is 11.2. The molecule has 3 heteroatoms. The zero-order valence-corrected chi connectivity index (χ0v) is 8.34. The van der Waals surface area contributed by atoms with Gasteiger partial charge in [-0.15, -0.1) is 11.6 Å². The quantitative estimate of drug-likeness (QED) is 0.740. The molecule has 1 aromatic rings. The second-order valence-electron chi connectivity index (χ2n) is 3.16. The smallest absolute Gasteiger partial charge is 0.251 e. The molecule has 1 aliphatic heterocycles. The summed E-state index contributed by atoms with van der Waals surface area (Å²) >= 11 is 5.54. The fraction of sp³-hybridized carbons (Fsp3) is 0.182. The Morgan fingerprint density at radius 3 is 3.14 bits per heavy atom. The Morgan fingerprint density at radius 2 is 2.36 bits per heavy atom. The molecule has 0 saturated carbocycles. The predicted octanol–water partition coefficient (Wildman–Crippen LogP) is 2.18. The molecule has 1 N–H and O–H groups in total. The Kier molecular flexibility index (Phi) is 2.55. The number of carbonyl (C=O) groups excluding carboxylic acids is 1. The first-order valence-electron chi connectivity index (χ1n) is 4.45. The Hall–Kier alpha value is -1.28. The molecule has 0 aliphatic carbocycles. The van der Waals surface area contributed by atoms with E-state index in [1.165, 1.54) is 0 Å². The van der Waals surface area contributed by atoms with Crippen LogP contribution in [0.25, 0.3) is 6.08 Å². The number of carbonyl (C=O) groups is 1. The van der Waals surface area contributed by atoms with Gasteiger partial charge in [-0.2, -0.15) is 0 Å². The number of allylic oxidation sites excluding steroid dienone is 1. The predicted molar refractivity (Wildman–Crippen MR) is 57.4 cm³/mol. The fourth-order valence-corrected chi connectivity index (χ4v) is 1.63. The van der Waals surface area contributed by atoms with Crippen molar-refractivity contribution in [2.24, 2.45) is 0 Å². The Balaban J connectivity index is 2.32. The average Bonchev–Trinajstić information content (AvgIpc) is 2.57.